The van der Waals surface area contributed by atoms with Crippen molar-refractivity contribution in [1.29, 1.82) is 0 Å². The molecule has 3 rings (SSSR count). The number of hydrogen-bond donors (Lipinski definition) is 6. The van der Waals surface area contributed by atoms with E-state index in [2.05, 4.69) is 4.52 Å². The molecule has 0 bridgehead atoms. The molecule has 1 aromatic heterocycles. The van der Waals surface area contributed by atoms with Crippen molar-refractivity contribution in [3.8, 4) is 40.1 Å². The fraction of sp³-hybridized carbons (Fsp3) is 0.0625. The third kappa shape index (κ3) is 4.02. The number of aromatic hydroxyl groups is 4. The SMILES string of the molecule is O=c1cc(-c2cc(O)c(O)c(OCOP(=O)(O)O)c2)oc2cc(O)cc(O)c12. The predicted molar refractivity (Wildman–Crippen MR) is 93.2 cm³/mol. The Morgan fingerprint density at radius 3 is 2.36 bits per heavy atom. The van der Waals surface area contributed by atoms with Crippen molar-refractivity contribution in [3.63, 3.8) is 0 Å². The van der Waals surface area contributed by atoms with Gasteiger partial charge in [-0.2, -0.15) is 0 Å². The molecule has 0 amide bonds. The monoisotopic (exact) mass is 412 g/mol. The zero-order valence-corrected chi connectivity index (χ0v) is 14.7. The van der Waals surface area contributed by atoms with Crippen LogP contribution < -0.4 is 10.2 Å². The Balaban J connectivity index is 2.06. The van der Waals surface area contributed by atoms with Crippen LogP contribution in [0.5, 0.6) is 28.7 Å². The maximum absolute atomic E-state index is 12.3. The first-order valence-corrected chi connectivity index (χ1v) is 8.97. The summed E-state index contributed by atoms with van der Waals surface area (Å²) in [7, 11) is -4.82. The Bertz CT molecular complexity index is 1160. The van der Waals surface area contributed by atoms with Gasteiger partial charge < -0.3 is 39.4 Å². The van der Waals surface area contributed by atoms with Crippen molar-refractivity contribution < 1.29 is 48.5 Å². The fourth-order valence-electron chi connectivity index (χ4n) is 2.40. The van der Waals surface area contributed by atoms with E-state index in [1.54, 1.807) is 0 Å². The van der Waals surface area contributed by atoms with Crippen molar-refractivity contribution >= 4 is 18.8 Å². The van der Waals surface area contributed by atoms with Crippen molar-refractivity contribution in [2.24, 2.45) is 0 Å². The second kappa shape index (κ2) is 7.06. The Morgan fingerprint density at radius 2 is 1.68 bits per heavy atom. The zero-order valence-electron chi connectivity index (χ0n) is 13.8. The number of hydrogen-bond acceptors (Lipinski definition) is 9. The number of benzene rings is 2. The summed E-state index contributed by atoms with van der Waals surface area (Å²) in [5.41, 5.74) is -0.739. The largest absolute Gasteiger partial charge is 0.508 e. The van der Waals surface area contributed by atoms with Crippen LogP contribution in [0.4, 0.5) is 0 Å². The van der Waals surface area contributed by atoms with Crippen LogP contribution in [0.25, 0.3) is 22.3 Å². The Hall–Kier alpha value is -3.24. The predicted octanol–water partition coefficient (Wildman–Crippen LogP) is 1.73. The van der Waals surface area contributed by atoms with E-state index in [4.69, 9.17) is 18.9 Å². The Kier molecular flexibility index (Phi) is 4.92. The molecule has 0 aliphatic rings. The molecule has 0 aliphatic heterocycles. The molecule has 3 aromatic rings. The van der Waals surface area contributed by atoms with Gasteiger partial charge >= 0.3 is 7.82 Å². The number of phosphoric ester groups is 1. The molecule has 6 N–H and O–H groups in total. The first-order valence-electron chi connectivity index (χ1n) is 7.44. The van der Waals surface area contributed by atoms with Crippen molar-refractivity contribution in [2.45, 2.75) is 0 Å². The van der Waals surface area contributed by atoms with E-state index in [9.17, 15) is 29.8 Å². The van der Waals surface area contributed by atoms with E-state index >= 15 is 0 Å². The third-order valence-corrected chi connectivity index (χ3v) is 4.01. The van der Waals surface area contributed by atoms with Gasteiger partial charge in [-0.3, -0.25) is 4.79 Å². The maximum atomic E-state index is 12.3. The molecule has 11 nitrogen and oxygen atoms in total. The average molecular weight is 412 g/mol. The maximum Gasteiger partial charge on any atom is 0.472 e. The van der Waals surface area contributed by atoms with E-state index in [1.807, 2.05) is 0 Å². The molecule has 0 unspecified atom stereocenters. The lowest BCUT2D eigenvalue weighted by Gasteiger charge is -2.12. The molecule has 0 saturated carbocycles. The molecular formula is C16H13O11P. The summed E-state index contributed by atoms with van der Waals surface area (Å²) in [6.45, 7) is -0.940. The molecule has 0 fully saturated rings. The smallest absolute Gasteiger partial charge is 0.472 e. The van der Waals surface area contributed by atoms with Crippen LogP contribution in [0.15, 0.2) is 39.5 Å². The van der Waals surface area contributed by atoms with Gasteiger partial charge in [0.1, 0.15) is 28.2 Å². The summed E-state index contributed by atoms with van der Waals surface area (Å²) in [5, 5.41) is 38.8. The molecule has 12 heteroatoms. The van der Waals surface area contributed by atoms with Crippen molar-refractivity contribution in [1.82, 2.24) is 0 Å². The number of phosphoric acid groups is 1. The van der Waals surface area contributed by atoms with Crippen molar-refractivity contribution in [2.75, 3.05) is 6.79 Å². The summed E-state index contributed by atoms with van der Waals surface area (Å²) < 4.78 is 25.1. The highest BCUT2D eigenvalue weighted by Gasteiger charge is 2.18. The molecule has 148 valence electrons. The molecule has 0 aliphatic carbocycles. The molecule has 1 heterocycles. The van der Waals surface area contributed by atoms with E-state index in [0.29, 0.717) is 0 Å². The van der Waals surface area contributed by atoms with Crippen LogP contribution in [0.1, 0.15) is 0 Å². The van der Waals surface area contributed by atoms with Gasteiger partial charge in [0.25, 0.3) is 0 Å². The number of rotatable bonds is 5. The molecular weight excluding hydrogens is 399 g/mol. The summed E-state index contributed by atoms with van der Waals surface area (Å²) in [6, 6.07) is 5.23. The summed E-state index contributed by atoms with van der Waals surface area (Å²) in [6.07, 6.45) is 0. The summed E-state index contributed by atoms with van der Waals surface area (Å²) in [4.78, 5) is 29.5. The number of phenolic OH excluding ortho intramolecular Hbond substituents is 4. The topological polar surface area (TPSA) is 187 Å². The summed E-state index contributed by atoms with van der Waals surface area (Å²) >= 11 is 0. The van der Waals surface area contributed by atoms with E-state index in [0.717, 1.165) is 30.3 Å². The highest BCUT2D eigenvalue weighted by atomic mass is 31.2. The van der Waals surface area contributed by atoms with Gasteiger partial charge in [0.15, 0.2) is 16.9 Å². The molecule has 28 heavy (non-hydrogen) atoms. The van der Waals surface area contributed by atoms with Gasteiger partial charge in [-0.1, -0.05) is 0 Å². The quantitative estimate of drug-likeness (QED) is 0.203. The fourth-order valence-corrected chi connectivity index (χ4v) is 2.59. The van der Waals surface area contributed by atoms with E-state index < -0.39 is 43.0 Å². The first-order chi connectivity index (χ1) is 13.0. The van der Waals surface area contributed by atoms with Crippen LogP contribution in [0, 0.1) is 0 Å². The highest BCUT2D eigenvalue weighted by molar-refractivity contribution is 7.46. The lowest BCUT2D eigenvalue weighted by Crippen LogP contribution is -2.02. The molecule has 0 atom stereocenters. The summed E-state index contributed by atoms with van der Waals surface area (Å²) in [5.74, 6) is -2.77. The molecule has 0 spiro atoms. The molecule has 0 radical (unpaired) electrons. The zero-order chi connectivity index (χ0) is 20.6. The van der Waals surface area contributed by atoms with Crippen molar-refractivity contribution in [3.05, 3.63) is 40.6 Å². The molecule has 0 saturated heterocycles. The average Bonchev–Trinajstić information content (AvgIpc) is 2.56. The minimum Gasteiger partial charge on any atom is -0.508 e. The second-order valence-electron chi connectivity index (χ2n) is 5.54. The number of phenols is 4. The van der Waals surface area contributed by atoms with Crippen LogP contribution in [-0.4, -0.2) is 37.0 Å². The van der Waals surface area contributed by atoms with Gasteiger partial charge in [-0.05, 0) is 12.1 Å². The first kappa shape index (κ1) is 19.5. The minimum absolute atomic E-state index is 0.0447. The van der Waals surface area contributed by atoms with E-state index in [-0.39, 0.29) is 28.0 Å². The van der Waals surface area contributed by atoms with Crippen LogP contribution in [-0.2, 0) is 9.09 Å². The van der Waals surface area contributed by atoms with Gasteiger partial charge in [0, 0.05) is 23.8 Å². The normalized spacial score (nSPS) is 11.6. The highest BCUT2D eigenvalue weighted by Crippen LogP contribution is 2.41. The minimum atomic E-state index is -4.82. The van der Waals surface area contributed by atoms with Gasteiger partial charge in [0.05, 0.1) is 0 Å². The van der Waals surface area contributed by atoms with E-state index in [1.165, 1.54) is 0 Å². The second-order valence-corrected chi connectivity index (χ2v) is 6.78. The van der Waals surface area contributed by atoms with Gasteiger partial charge in [-0.15, -0.1) is 0 Å². The lowest BCUT2D eigenvalue weighted by molar-refractivity contribution is 0.0804. The lowest BCUT2D eigenvalue weighted by atomic mass is 10.1. The standard InChI is InChI=1S/C16H13O11P/c17-8-3-9(18)15-10(19)5-12(27-13(15)4-8)7-1-11(20)16(21)14(2-7)25-6-26-28(22,23)24/h1-5,17-18,20-21H,6H2,(H2,22,23,24). The van der Waals surface area contributed by atoms with Crippen LogP contribution >= 0.6 is 7.82 Å². The van der Waals surface area contributed by atoms with Crippen LogP contribution in [0.3, 0.4) is 0 Å². The number of ether oxygens (including phenoxy) is 1. The van der Waals surface area contributed by atoms with Gasteiger partial charge in [0.2, 0.25) is 12.5 Å². The Morgan fingerprint density at radius 1 is 0.964 bits per heavy atom. The third-order valence-electron chi connectivity index (χ3n) is 3.57. The van der Waals surface area contributed by atoms with Crippen LogP contribution in [0.2, 0.25) is 0 Å². The van der Waals surface area contributed by atoms with Gasteiger partial charge in [-0.25, -0.2) is 9.09 Å². The Labute approximate surface area is 155 Å². The molecule has 2 aromatic carbocycles. The number of fused-ring (bicyclic) bond motifs is 1.